The Morgan fingerprint density at radius 1 is 1.26 bits per heavy atom. The number of nitrogens with zero attached hydrogens (tertiary/aromatic N) is 4. The van der Waals surface area contributed by atoms with Gasteiger partial charge in [-0.2, -0.15) is 4.80 Å². The highest BCUT2D eigenvalue weighted by atomic mass is 35.5. The van der Waals surface area contributed by atoms with Crippen LogP contribution in [0.2, 0.25) is 5.02 Å². The average molecular weight is 450 g/mol. The Bertz CT molecular complexity index is 1100. The lowest BCUT2D eigenvalue weighted by Crippen LogP contribution is -2.27. The normalized spacial score (nSPS) is 18.7. The molecule has 1 fully saturated rings. The molecule has 4 rings (SSSR count). The third kappa shape index (κ3) is 4.71. The number of anilines is 1. The molecular weight excluding hydrogens is 431 g/mol. The number of alkyl halides is 2. The quantitative estimate of drug-likeness (QED) is 0.605. The molecule has 3 aromatic rings. The van der Waals surface area contributed by atoms with Crippen LogP contribution in [-0.4, -0.2) is 32.0 Å². The summed E-state index contributed by atoms with van der Waals surface area (Å²) in [6.45, 7) is 0. The summed E-state index contributed by atoms with van der Waals surface area (Å²) < 4.78 is 41.3. The van der Waals surface area contributed by atoms with E-state index in [0.717, 1.165) is 6.07 Å². The van der Waals surface area contributed by atoms with Crippen LogP contribution in [0.1, 0.15) is 30.7 Å². The Labute approximate surface area is 181 Å². The van der Waals surface area contributed by atoms with Crippen molar-refractivity contribution in [3.05, 3.63) is 58.9 Å². The van der Waals surface area contributed by atoms with Gasteiger partial charge in [-0.25, -0.2) is 13.2 Å². The molecule has 1 heterocycles. The van der Waals surface area contributed by atoms with E-state index in [1.807, 2.05) is 0 Å². The van der Waals surface area contributed by atoms with Gasteiger partial charge < -0.3 is 5.32 Å². The lowest BCUT2D eigenvalue weighted by molar-refractivity contribution is -0.118. The SMILES string of the molecule is Cn1nnc(-c2ccc([C@@H](C(=O)Nc3ccc(F)c(Cl)c3)[C@H]3CCC(F)(F)C3)cc2)n1. The van der Waals surface area contributed by atoms with Gasteiger partial charge in [0.1, 0.15) is 5.82 Å². The lowest BCUT2D eigenvalue weighted by Gasteiger charge is -2.23. The van der Waals surface area contributed by atoms with Crippen LogP contribution in [0.3, 0.4) is 0 Å². The fraction of sp³-hybridized carbons (Fsp3) is 0.333. The molecule has 0 bridgehead atoms. The summed E-state index contributed by atoms with van der Waals surface area (Å²) in [5.41, 5.74) is 1.59. The van der Waals surface area contributed by atoms with Gasteiger partial charge >= 0.3 is 0 Å². The highest BCUT2D eigenvalue weighted by Gasteiger charge is 2.45. The average Bonchev–Trinajstić information content (AvgIpc) is 3.31. The van der Waals surface area contributed by atoms with Gasteiger partial charge in [-0.15, -0.1) is 10.2 Å². The van der Waals surface area contributed by atoms with E-state index in [9.17, 15) is 18.0 Å². The molecule has 1 amide bonds. The number of halogens is 4. The second-order valence-electron chi connectivity index (χ2n) is 7.68. The molecule has 0 unspecified atom stereocenters. The van der Waals surface area contributed by atoms with Gasteiger partial charge in [0.15, 0.2) is 0 Å². The lowest BCUT2D eigenvalue weighted by atomic mass is 9.83. The van der Waals surface area contributed by atoms with Crippen LogP contribution in [-0.2, 0) is 11.8 Å². The van der Waals surface area contributed by atoms with E-state index in [0.29, 0.717) is 22.6 Å². The van der Waals surface area contributed by atoms with Gasteiger partial charge in [-0.05, 0) is 41.3 Å². The third-order valence-electron chi connectivity index (χ3n) is 5.42. The Morgan fingerprint density at radius 3 is 2.58 bits per heavy atom. The monoisotopic (exact) mass is 449 g/mol. The van der Waals surface area contributed by atoms with Crippen LogP contribution in [0.15, 0.2) is 42.5 Å². The molecule has 1 aliphatic rings. The minimum Gasteiger partial charge on any atom is -0.325 e. The summed E-state index contributed by atoms with van der Waals surface area (Å²) in [7, 11) is 1.65. The van der Waals surface area contributed by atoms with E-state index in [4.69, 9.17) is 11.6 Å². The number of hydrogen-bond donors (Lipinski definition) is 1. The van der Waals surface area contributed by atoms with E-state index in [2.05, 4.69) is 20.7 Å². The number of rotatable bonds is 5. The van der Waals surface area contributed by atoms with Gasteiger partial charge in [0.2, 0.25) is 17.7 Å². The molecule has 0 saturated heterocycles. The molecule has 1 N–H and O–H groups in total. The predicted octanol–water partition coefficient (Wildman–Crippen LogP) is 4.83. The number of aryl methyl sites for hydroxylation is 1. The number of carbonyl (C=O) groups excluding carboxylic acids is 1. The zero-order valence-corrected chi connectivity index (χ0v) is 17.3. The van der Waals surface area contributed by atoms with E-state index in [-0.39, 0.29) is 24.3 Å². The molecule has 1 aliphatic carbocycles. The molecule has 162 valence electrons. The summed E-state index contributed by atoms with van der Waals surface area (Å²) in [6.07, 6.45) is -0.406. The van der Waals surface area contributed by atoms with Gasteiger partial charge in [0.25, 0.3) is 0 Å². The third-order valence-corrected chi connectivity index (χ3v) is 5.71. The highest BCUT2D eigenvalue weighted by Crippen LogP contribution is 2.46. The smallest absolute Gasteiger partial charge is 0.248 e. The van der Waals surface area contributed by atoms with Crippen molar-refractivity contribution in [3.63, 3.8) is 0 Å². The first-order valence-corrected chi connectivity index (χ1v) is 10.1. The second kappa shape index (κ2) is 8.30. The number of nitrogens with one attached hydrogen (secondary N) is 1. The van der Waals surface area contributed by atoms with Crippen molar-refractivity contribution >= 4 is 23.2 Å². The van der Waals surface area contributed by atoms with Crippen molar-refractivity contribution in [1.82, 2.24) is 20.2 Å². The summed E-state index contributed by atoms with van der Waals surface area (Å²) in [6, 6.07) is 10.7. The fourth-order valence-electron chi connectivity index (χ4n) is 3.94. The van der Waals surface area contributed by atoms with Crippen molar-refractivity contribution in [3.8, 4) is 11.4 Å². The molecule has 0 spiro atoms. The molecule has 2 atom stereocenters. The van der Waals surface area contributed by atoms with Gasteiger partial charge in [-0.3, -0.25) is 4.79 Å². The number of carbonyl (C=O) groups is 1. The summed E-state index contributed by atoms with van der Waals surface area (Å²) in [5, 5.41) is 14.4. The Hall–Kier alpha value is -2.94. The van der Waals surface area contributed by atoms with Gasteiger partial charge in [0.05, 0.1) is 18.0 Å². The first-order chi connectivity index (χ1) is 14.7. The molecule has 1 saturated carbocycles. The zero-order chi connectivity index (χ0) is 22.2. The topological polar surface area (TPSA) is 72.7 Å². The van der Waals surface area contributed by atoms with E-state index < -0.39 is 29.5 Å². The molecule has 0 radical (unpaired) electrons. The predicted molar refractivity (Wildman–Crippen MR) is 109 cm³/mol. The zero-order valence-electron chi connectivity index (χ0n) is 16.5. The summed E-state index contributed by atoms with van der Waals surface area (Å²) in [4.78, 5) is 14.5. The number of amides is 1. The van der Waals surface area contributed by atoms with E-state index in [1.54, 1.807) is 31.3 Å². The number of aromatic nitrogens is 4. The van der Waals surface area contributed by atoms with E-state index in [1.165, 1.54) is 16.9 Å². The standard InChI is InChI=1S/C21H19ClF3N5O/c1-30-28-19(27-29-30)13-4-2-12(3-5-13)18(14-8-9-21(24,25)11-14)20(31)26-15-6-7-17(23)16(22)10-15/h2-7,10,14,18H,8-9,11H2,1H3,(H,26,31)/t14-,18+/m0/s1. The maximum atomic E-state index is 13.9. The van der Waals surface area contributed by atoms with Crippen molar-refractivity contribution < 1.29 is 18.0 Å². The maximum Gasteiger partial charge on any atom is 0.248 e. The van der Waals surface area contributed by atoms with Crippen LogP contribution in [0, 0.1) is 11.7 Å². The highest BCUT2D eigenvalue weighted by molar-refractivity contribution is 6.31. The van der Waals surface area contributed by atoms with Crippen LogP contribution in [0.25, 0.3) is 11.4 Å². The molecule has 31 heavy (non-hydrogen) atoms. The Balaban J connectivity index is 1.62. The van der Waals surface area contributed by atoms with Crippen LogP contribution < -0.4 is 5.32 Å². The Morgan fingerprint density at radius 2 is 2.00 bits per heavy atom. The number of tetrazole rings is 1. The summed E-state index contributed by atoms with van der Waals surface area (Å²) in [5.74, 6) is -4.78. The second-order valence-corrected chi connectivity index (χ2v) is 8.09. The van der Waals surface area contributed by atoms with Gasteiger partial charge in [0, 0.05) is 24.1 Å². The Kier molecular flexibility index (Phi) is 5.70. The molecular formula is C21H19ClF3N5O. The van der Waals surface area contributed by atoms with Crippen molar-refractivity contribution in [2.24, 2.45) is 13.0 Å². The largest absolute Gasteiger partial charge is 0.325 e. The first kappa shape index (κ1) is 21.3. The minimum atomic E-state index is -2.80. The fourth-order valence-corrected chi connectivity index (χ4v) is 4.12. The maximum absolute atomic E-state index is 13.9. The number of hydrogen-bond acceptors (Lipinski definition) is 4. The van der Waals surface area contributed by atoms with E-state index >= 15 is 0 Å². The molecule has 2 aromatic carbocycles. The van der Waals surface area contributed by atoms with Crippen LogP contribution in [0.5, 0.6) is 0 Å². The van der Waals surface area contributed by atoms with Crippen molar-refractivity contribution in [1.29, 1.82) is 0 Å². The van der Waals surface area contributed by atoms with Crippen LogP contribution in [0.4, 0.5) is 18.9 Å². The molecule has 10 heteroatoms. The van der Waals surface area contributed by atoms with Gasteiger partial charge in [-0.1, -0.05) is 35.9 Å². The summed E-state index contributed by atoms with van der Waals surface area (Å²) >= 11 is 5.79. The minimum absolute atomic E-state index is 0.137. The molecule has 1 aromatic heterocycles. The first-order valence-electron chi connectivity index (χ1n) is 9.70. The van der Waals surface area contributed by atoms with Crippen LogP contribution >= 0.6 is 11.6 Å². The molecule has 6 nitrogen and oxygen atoms in total. The van der Waals surface area contributed by atoms with Crippen molar-refractivity contribution in [2.75, 3.05) is 5.32 Å². The number of benzene rings is 2. The van der Waals surface area contributed by atoms with Crippen molar-refractivity contribution in [2.45, 2.75) is 31.1 Å². The molecule has 0 aliphatic heterocycles.